The molecule has 0 heterocycles. The number of aliphatic hydroxyl groups excluding tert-OH is 1. The van der Waals surface area contributed by atoms with Crippen LogP contribution in [0.1, 0.15) is 24.7 Å². The second kappa shape index (κ2) is 10.3. The van der Waals surface area contributed by atoms with Crippen molar-refractivity contribution in [2.75, 3.05) is 4.72 Å². The summed E-state index contributed by atoms with van der Waals surface area (Å²) in [5.41, 5.74) is 1.73. The van der Waals surface area contributed by atoms with Crippen LogP contribution in [0.5, 0.6) is 0 Å². The molecule has 0 aliphatic carbocycles. The van der Waals surface area contributed by atoms with Crippen LogP contribution in [0.3, 0.4) is 0 Å². The quantitative estimate of drug-likeness (QED) is 0.297. The number of anilines is 1. The Labute approximate surface area is 177 Å². The van der Waals surface area contributed by atoms with Crippen LogP contribution in [0, 0.1) is 0 Å². The zero-order valence-electron chi connectivity index (χ0n) is 14.6. The molecule has 2 amide bonds. The maximum atomic E-state index is 12.4. The number of halogens is 1. The fourth-order valence-corrected chi connectivity index (χ4v) is 3.54. The van der Waals surface area contributed by atoms with Crippen LogP contribution in [-0.2, 0) is 14.8 Å². The molecule has 0 bridgehead atoms. The van der Waals surface area contributed by atoms with Gasteiger partial charge >= 0.3 is 0 Å². The van der Waals surface area contributed by atoms with Crippen molar-refractivity contribution in [3.8, 4) is 0 Å². The summed E-state index contributed by atoms with van der Waals surface area (Å²) in [5, 5.41) is 20.5. The van der Waals surface area contributed by atoms with Gasteiger partial charge in [-0.3, -0.25) is 19.5 Å². The Kier molecular flexibility index (Phi) is 8.77. The molecule has 0 aliphatic heterocycles. The molecule has 2 aromatic rings. The third kappa shape index (κ3) is 6.53. The smallest absolute Gasteiger partial charge is 0.268 e. The first-order chi connectivity index (χ1) is 13.1. The second-order valence-corrected chi connectivity index (χ2v) is 8.40. The van der Waals surface area contributed by atoms with E-state index in [1.807, 2.05) is 0 Å². The Morgan fingerprint density at radius 3 is 2.07 bits per heavy atom. The van der Waals surface area contributed by atoms with E-state index in [9.17, 15) is 23.1 Å². The zero-order valence-corrected chi connectivity index (χ0v) is 17.0. The highest BCUT2D eigenvalue weighted by Gasteiger charge is 2.25. The van der Waals surface area contributed by atoms with Crippen molar-refractivity contribution >= 4 is 43.5 Å². The van der Waals surface area contributed by atoms with Crippen molar-refractivity contribution < 1.29 is 28.3 Å². The number of benzene rings is 2. The van der Waals surface area contributed by atoms with Crippen molar-refractivity contribution in [2.45, 2.75) is 31.4 Å². The maximum absolute atomic E-state index is 12.4. The van der Waals surface area contributed by atoms with E-state index in [4.69, 9.17) is 5.21 Å². The fourth-order valence-electron chi connectivity index (χ4n) is 2.22. The molecule has 29 heavy (non-hydrogen) atoms. The van der Waals surface area contributed by atoms with Gasteiger partial charge in [0.05, 0.1) is 11.0 Å². The molecule has 5 N–H and O–H groups in total. The maximum Gasteiger partial charge on any atom is 0.268 e. The van der Waals surface area contributed by atoms with E-state index < -0.39 is 34.0 Å². The predicted octanol–water partition coefficient (Wildman–Crippen LogP) is 1.87. The van der Waals surface area contributed by atoms with Gasteiger partial charge in [-0.25, -0.2) is 13.9 Å². The summed E-state index contributed by atoms with van der Waals surface area (Å²) in [6.45, 7) is 1.28. The summed E-state index contributed by atoms with van der Waals surface area (Å²) >= 11 is 3.23. The number of nitrogens with one attached hydrogen (secondary N) is 3. The van der Waals surface area contributed by atoms with E-state index in [1.54, 1.807) is 12.1 Å². The Morgan fingerprint density at radius 2 is 1.59 bits per heavy atom. The van der Waals surface area contributed by atoms with Crippen molar-refractivity contribution in [1.82, 2.24) is 10.8 Å². The van der Waals surface area contributed by atoms with Gasteiger partial charge in [-0.05, 0) is 55.5 Å². The minimum absolute atomic E-state index is 0. The van der Waals surface area contributed by atoms with Crippen LogP contribution >= 0.6 is 15.9 Å². The van der Waals surface area contributed by atoms with Crippen LogP contribution in [0.4, 0.5) is 5.69 Å². The Bertz CT molecular complexity index is 947. The van der Waals surface area contributed by atoms with Crippen molar-refractivity contribution in [2.24, 2.45) is 0 Å². The standard InChI is InChI=1S/C17H18BrN3O6S.CH4/c1-10(22)15(17(24)20-25)19-16(23)11-2-6-13(7-3-11)21-28(26,27)14-8-4-12(18)5-9-14;/h2-10,15,21-22,25H,1H3,(H,19,23)(H,20,24);1H4/t10-,15+;/m1./s1. The van der Waals surface area contributed by atoms with Gasteiger partial charge in [0.2, 0.25) is 0 Å². The van der Waals surface area contributed by atoms with Gasteiger partial charge in [0, 0.05) is 15.7 Å². The van der Waals surface area contributed by atoms with E-state index in [2.05, 4.69) is 26.0 Å². The second-order valence-electron chi connectivity index (χ2n) is 5.80. The number of aliphatic hydroxyl groups is 1. The average molecular weight is 488 g/mol. The number of carbonyl (C=O) groups is 2. The lowest BCUT2D eigenvalue weighted by molar-refractivity contribution is -0.133. The number of sulfonamides is 1. The molecule has 11 heteroatoms. The largest absolute Gasteiger partial charge is 0.391 e. The number of rotatable bonds is 7. The van der Waals surface area contributed by atoms with Gasteiger partial charge in [-0.2, -0.15) is 0 Å². The third-order valence-corrected chi connectivity index (χ3v) is 5.61. The van der Waals surface area contributed by atoms with Crippen molar-refractivity contribution in [3.05, 3.63) is 58.6 Å². The molecule has 2 aromatic carbocycles. The molecule has 0 radical (unpaired) electrons. The SMILES string of the molecule is C.C[C@@H](O)[C@H](NC(=O)c1ccc(NS(=O)(=O)c2ccc(Br)cc2)cc1)C(=O)NO. The van der Waals surface area contributed by atoms with Crippen LogP contribution in [-0.4, -0.2) is 42.7 Å². The first-order valence-electron chi connectivity index (χ1n) is 7.95. The highest BCUT2D eigenvalue weighted by molar-refractivity contribution is 9.10. The summed E-state index contributed by atoms with van der Waals surface area (Å²) in [6, 6.07) is 10.2. The van der Waals surface area contributed by atoms with Gasteiger partial charge in [0.25, 0.3) is 21.8 Å². The van der Waals surface area contributed by atoms with Crippen LogP contribution < -0.4 is 15.5 Å². The van der Waals surface area contributed by atoms with Gasteiger partial charge in [-0.15, -0.1) is 0 Å². The number of hydrogen-bond acceptors (Lipinski definition) is 6. The molecule has 0 unspecified atom stereocenters. The first-order valence-corrected chi connectivity index (χ1v) is 10.2. The van der Waals surface area contributed by atoms with E-state index in [0.29, 0.717) is 0 Å². The summed E-state index contributed by atoms with van der Waals surface area (Å²) in [4.78, 5) is 23.8. The van der Waals surface area contributed by atoms with Gasteiger partial charge in [-0.1, -0.05) is 23.4 Å². The monoisotopic (exact) mass is 487 g/mol. The minimum atomic E-state index is -3.79. The lowest BCUT2D eigenvalue weighted by Crippen LogP contribution is -2.51. The Hall–Kier alpha value is -2.47. The lowest BCUT2D eigenvalue weighted by atomic mass is 10.1. The van der Waals surface area contributed by atoms with Crippen LogP contribution in [0.2, 0.25) is 0 Å². The van der Waals surface area contributed by atoms with Crippen molar-refractivity contribution in [3.63, 3.8) is 0 Å². The number of hydroxylamine groups is 1. The molecule has 0 fully saturated rings. The number of hydrogen-bond donors (Lipinski definition) is 5. The van der Waals surface area contributed by atoms with Gasteiger partial charge in [0.1, 0.15) is 6.04 Å². The molecule has 158 valence electrons. The molecule has 0 spiro atoms. The average Bonchev–Trinajstić information content (AvgIpc) is 2.65. The molecule has 2 rings (SSSR count). The fraction of sp³-hybridized carbons (Fsp3) is 0.222. The normalized spacial score (nSPS) is 12.8. The van der Waals surface area contributed by atoms with E-state index in [-0.39, 0.29) is 23.6 Å². The molecule has 9 nitrogen and oxygen atoms in total. The molecular formula is C18H22BrN3O6S. The summed E-state index contributed by atoms with van der Waals surface area (Å²) < 4.78 is 27.9. The highest BCUT2D eigenvalue weighted by atomic mass is 79.9. The minimum Gasteiger partial charge on any atom is -0.391 e. The zero-order chi connectivity index (χ0) is 20.9. The Balaban J connectivity index is 0.00000420. The van der Waals surface area contributed by atoms with Crippen molar-refractivity contribution in [1.29, 1.82) is 0 Å². The van der Waals surface area contributed by atoms with E-state index >= 15 is 0 Å². The van der Waals surface area contributed by atoms with Crippen LogP contribution in [0.15, 0.2) is 57.9 Å². The van der Waals surface area contributed by atoms with Crippen LogP contribution in [0.25, 0.3) is 0 Å². The lowest BCUT2D eigenvalue weighted by Gasteiger charge is -2.19. The first kappa shape index (κ1) is 24.6. The molecule has 2 atom stereocenters. The van der Waals surface area contributed by atoms with E-state index in [1.165, 1.54) is 48.8 Å². The van der Waals surface area contributed by atoms with E-state index in [0.717, 1.165) is 4.47 Å². The Morgan fingerprint density at radius 1 is 1.03 bits per heavy atom. The summed E-state index contributed by atoms with van der Waals surface area (Å²) in [7, 11) is -3.79. The number of amides is 2. The predicted molar refractivity (Wildman–Crippen MR) is 111 cm³/mol. The molecule has 0 aromatic heterocycles. The topological polar surface area (TPSA) is 145 Å². The molecule has 0 saturated carbocycles. The number of carbonyl (C=O) groups excluding carboxylic acids is 2. The third-order valence-electron chi connectivity index (χ3n) is 3.68. The molecule has 0 aliphatic rings. The van der Waals surface area contributed by atoms with Gasteiger partial charge in [0.15, 0.2) is 0 Å². The summed E-state index contributed by atoms with van der Waals surface area (Å²) in [5.74, 6) is -1.65. The molecular weight excluding hydrogens is 466 g/mol. The highest BCUT2D eigenvalue weighted by Crippen LogP contribution is 2.19. The van der Waals surface area contributed by atoms with Gasteiger partial charge < -0.3 is 10.4 Å². The summed E-state index contributed by atoms with van der Waals surface area (Å²) in [6.07, 6.45) is -1.24. The molecule has 0 saturated heterocycles.